The van der Waals surface area contributed by atoms with Crippen molar-refractivity contribution in [2.24, 2.45) is 0 Å². The third-order valence-corrected chi connectivity index (χ3v) is 6.49. The molecule has 11 heteroatoms. The summed E-state index contributed by atoms with van der Waals surface area (Å²) < 4.78 is 25.1. The normalized spacial score (nSPS) is 14.3. The highest BCUT2D eigenvalue weighted by atomic mass is 127. The lowest BCUT2D eigenvalue weighted by Crippen LogP contribution is -2.54. The zero-order valence-corrected chi connectivity index (χ0v) is 24.0. The van der Waals surface area contributed by atoms with Crippen molar-refractivity contribution in [2.75, 3.05) is 23.4 Å². The standard InChI is InChI=1S/C29H25FIN3O6/c1-4-39-24-14-18(13-23(31)26(24)40-15-25(35)32-20-7-5-19(30)6-8-20)12-22-27(36)33-29(38)34(28(22)37)21-10-16(2)9-17(3)11-21/h5-14H,4,15H2,1-3H3,(H,32,35)(H,33,36,38)/b22-12+. The van der Waals surface area contributed by atoms with Crippen LogP contribution in [0.3, 0.4) is 0 Å². The van der Waals surface area contributed by atoms with Crippen molar-refractivity contribution >= 4 is 63.8 Å². The van der Waals surface area contributed by atoms with E-state index in [0.29, 0.717) is 32.0 Å². The molecule has 0 bridgehead atoms. The number of benzene rings is 3. The fourth-order valence-electron chi connectivity index (χ4n) is 4.08. The van der Waals surface area contributed by atoms with Gasteiger partial charge in [0.2, 0.25) is 0 Å². The predicted molar refractivity (Wildman–Crippen MR) is 156 cm³/mol. The minimum atomic E-state index is -0.829. The second-order valence-corrected chi connectivity index (χ2v) is 10.1. The molecule has 4 rings (SSSR count). The molecule has 9 nitrogen and oxygen atoms in total. The van der Waals surface area contributed by atoms with Crippen LogP contribution >= 0.6 is 22.6 Å². The maximum Gasteiger partial charge on any atom is 0.335 e. The zero-order valence-electron chi connectivity index (χ0n) is 21.8. The first-order valence-corrected chi connectivity index (χ1v) is 13.3. The predicted octanol–water partition coefficient (Wildman–Crippen LogP) is 5.13. The maximum absolute atomic E-state index is 13.3. The van der Waals surface area contributed by atoms with Crippen LogP contribution in [0.15, 0.2) is 60.2 Å². The number of barbiturate groups is 1. The Labute approximate surface area is 243 Å². The van der Waals surface area contributed by atoms with E-state index < -0.39 is 29.6 Å². The molecule has 1 fully saturated rings. The molecule has 40 heavy (non-hydrogen) atoms. The van der Waals surface area contributed by atoms with Crippen molar-refractivity contribution in [3.05, 3.63) is 86.2 Å². The first-order valence-electron chi connectivity index (χ1n) is 12.2. The summed E-state index contributed by atoms with van der Waals surface area (Å²) in [5.74, 6) is -1.87. The van der Waals surface area contributed by atoms with Crippen molar-refractivity contribution in [1.82, 2.24) is 5.32 Å². The van der Waals surface area contributed by atoms with Crippen molar-refractivity contribution < 1.29 is 33.0 Å². The third-order valence-electron chi connectivity index (χ3n) is 5.68. The fraction of sp³-hybridized carbons (Fsp3) is 0.172. The van der Waals surface area contributed by atoms with Crippen LogP contribution in [0.4, 0.5) is 20.6 Å². The quantitative estimate of drug-likeness (QED) is 0.197. The van der Waals surface area contributed by atoms with Crippen LogP contribution in [-0.2, 0) is 14.4 Å². The van der Waals surface area contributed by atoms with Gasteiger partial charge in [0.1, 0.15) is 11.4 Å². The number of amides is 5. The van der Waals surface area contributed by atoms with E-state index in [4.69, 9.17) is 9.47 Å². The van der Waals surface area contributed by atoms with Gasteiger partial charge in [-0.1, -0.05) is 6.07 Å². The second-order valence-electron chi connectivity index (χ2n) is 8.91. The number of nitrogens with one attached hydrogen (secondary N) is 2. The van der Waals surface area contributed by atoms with Gasteiger partial charge in [0, 0.05) is 5.69 Å². The minimum absolute atomic E-state index is 0.232. The topological polar surface area (TPSA) is 114 Å². The van der Waals surface area contributed by atoms with Crippen LogP contribution in [0.25, 0.3) is 6.08 Å². The fourth-order valence-corrected chi connectivity index (χ4v) is 4.86. The molecule has 0 spiro atoms. The van der Waals surface area contributed by atoms with Crippen LogP contribution < -0.4 is 25.0 Å². The number of hydrogen-bond donors (Lipinski definition) is 2. The van der Waals surface area contributed by atoms with E-state index in [-0.39, 0.29) is 18.8 Å². The molecule has 0 aliphatic carbocycles. The second kappa shape index (κ2) is 12.3. The number of rotatable bonds is 8. The third kappa shape index (κ3) is 6.65. The van der Waals surface area contributed by atoms with Gasteiger partial charge >= 0.3 is 6.03 Å². The average Bonchev–Trinajstić information content (AvgIpc) is 2.87. The van der Waals surface area contributed by atoms with E-state index in [1.165, 1.54) is 30.3 Å². The average molecular weight is 657 g/mol. The Morgan fingerprint density at radius 3 is 2.35 bits per heavy atom. The molecule has 5 amide bonds. The van der Waals surface area contributed by atoms with Gasteiger partial charge in [-0.2, -0.15) is 0 Å². The molecule has 1 saturated heterocycles. The smallest absolute Gasteiger partial charge is 0.335 e. The molecular formula is C29H25FIN3O6. The maximum atomic E-state index is 13.3. The number of hydrogen-bond acceptors (Lipinski definition) is 6. The lowest BCUT2D eigenvalue weighted by atomic mass is 10.0. The summed E-state index contributed by atoms with van der Waals surface area (Å²) in [7, 11) is 0. The molecule has 1 heterocycles. The molecule has 1 aliphatic rings. The van der Waals surface area contributed by atoms with Crippen molar-refractivity contribution in [2.45, 2.75) is 20.8 Å². The Kier molecular flexibility index (Phi) is 8.83. The molecule has 3 aromatic rings. The Morgan fingerprint density at radius 1 is 1.02 bits per heavy atom. The van der Waals surface area contributed by atoms with Gasteiger partial charge < -0.3 is 14.8 Å². The van der Waals surface area contributed by atoms with E-state index in [1.54, 1.807) is 31.2 Å². The van der Waals surface area contributed by atoms with Gasteiger partial charge in [-0.25, -0.2) is 14.1 Å². The molecule has 206 valence electrons. The van der Waals surface area contributed by atoms with Gasteiger partial charge in [-0.15, -0.1) is 0 Å². The molecule has 0 radical (unpaired) electrons. The highest BCUT2D eigenvalue weighted by molar-refractivity contribution is 14.1. The van der Waals surface area contributed by atoms with Crippen LogP contribution in [0.1, 0.15) is 23.6 Å². The molecule has 0 unspecified atom stereocenters. The van der Waals surface area contributed by atoms with Crippen LogP contribution in [-0.4, -0.2) is 37.0 Å². The first kappa shape index (κ1) is 28.7. The Hall–Kier alpha value is -4.26. The van der Waals surface area contributed by atoms with Crippen molar-refractivity contribution in [1.29, 1.82) is 0 Å². The zero-order chi connectivity index (χ0) is 29.0. The highest BCUT2D eigenvalue weighted by Crippen LogP contribution is 2.35. The number of aryl methyl sites for hydroxylation is 2. The van der Waals surface area contributed by atoms with E-state index in [2.05, 4.69) is 10.6 Å². The first-order chi connectivity index (χ1) is 19.0. The van der Waals surface area contributed by atoms with Gasteiger partial charge in [-0.3, -0.25) is 19.7 Å². The lowest BCUT2D eigenvalue weighted by molar-refractivity contribution is -0.122. The SMILES string of the molecule is CCOc1cc(/C=C2\C(=O)NC(=O)N(c3cc(C)cc(C)c3)C2=O)cc(I)c1OCC(=O)Nc1ccc(F)cc1. The summed E-state index contributed by atoms with van der Waals surface area (Å²) in [6.07, 6.45) is 1.37. The van der Waals surface area contributed by atoms with Crippen LogP contribution in [0, 0.1) is 23.2 Å². The van der Waals surface area contributed by atoms with Gasteiger partial charge in [-0.05, 0) is 115 Å². The van der Waals surface area contributed by atoms with Gasteiger partial charge in [0.15, 0.2) is 18.1 Å². The summed E-state index contributed by atoms with van der Waals surface area (Å²) in [6.45, 7) is 5.40. The number of urea groups is 1. The minimum Gasteiger partial charge on any atom is -0.490 e. The van der Waals surface area contributed by atoms with E-state index in [0.717, 1.165) is 16.0 Å². The molecule has 0 atom stereocenters. The number of ether oxygens (including phenoxy) is 2. The highest BCUT2D eigenvalue weighted by Gasteiger charge is 2.37. The Morgan fingerprint density at radius 2 is 1.70 bits per heavy atom. The van der Waals surface area contributed by atoms with Crippen LogP contribution in [0.5, 0.6) is 11.5 Å². The number of carbonyl (C=O) groups excluding carboxylic acids is 4. The number of nitrogens with zero attached hydrogens (tertiary/aromatic N) is 1. The van der Waals surface area contributed by atoms with Gasteiger partial charge in [0.25, 0.3) is 17.7 Å². The molecule has 1 aliphatic heterocycles. The number of anilines is 2. The summed E-state index contributed by atoms with van der Waals surface area (Å²) in [4.78, 5) is 51.9. The number of carbonyl (C=O) groups is 4. The van der Waals surface area contributed by atoms with E-state index in [9.17, 15) is 23.6 Å². The van der Waals surface area contributed by atoms with Gasteiger partial charge in [0.05, 0.1) is 15.9 Å². The molecule has 3 aromatic carbocycles. The van der Waals surface area contributed by atoms with Crippen molar-refractivity contribution in [3.63, 3.8) is 0 Å². The van der Waals surface area contributed by atoms with Crippen molar-refractivity contribution in [3.8, 4) is 11.5 Å². The summed E-state index contributed by atoms with van der Waals surface area (Å²) in [5, 5.41) is 4.84. The largest absolute Gasteiger partial charge is 0.490 e. The Balaban J connectivity index is 1.59. The summed E-state index contributed by atoms with van der Waals surface area (Å²) >= 11 is 2.00. The molecule has 0 saturated carbocycles. The monoisotopic (exact) mass is 657 g/mol. The lowest BCUT2D eigenvalue weighted by Gasteiger charge is -2.27. The molecule has 0 aromatic heterocycles. The van der Waals surface area contributed by atoms with Crippen LogP contribution in [0.2, 0.25) is 0 Å². The molecular weight excluding hydrogens is 632 g/mol. The molecule has 2 N–H and O–H groups in total. The summed E-state index contributed by atoms with van der Waals surface area (Å²) in [6, 6.07) is 13.0. The Bertz CT molecular complexity index is 1520. The van der Waals surface area contributed by atoms with E-state index in [1.807, 2.05) is 42.5 Å². The number of halogens is 2. The summed E-state index contributed by atoms with van der Waals surface area (Å²) in [5.41, 5.74) is 2.70. The number of imide groups is 2. The van der Waals surface area contributed by atoms with E-state index >= 15 is 0 Å².